The van der Waals surface area contributed by atoms with Crippen molar-refractivity contribution >= 4 is 22.8 Å². The number of benzene rings is 1. The molecule has 122 valence electrons. The van der Waals surface area contributed by atoms with Gasteiger partial charge in [-0.25, -0.2) is 9.97 Å². The Morgan fingerprint density at radius 1 is 1.08 bits per heavy atom. The summed E-state index contributed by atoms with van der Waals surface area (Å²) in [7, 11) is 0. The van der Waals surface area contributed by atoms with E-state index in [1.165, 1.54) is 0 Å². The van der Waals surface area contributed by atoms with Crippen molar-refractivity contribution < 1.29 is 4.79 Å². The van der Waals surface area contributed by atoms with Gasteiger partial charge < -0.3 is 14.8 Å². The van der Waals surface area contributed by atoms with Crippen LogP contribution in [0.25, 0.3) is 22.6 Å². The van der Waals surface area contributed by atoms with Crippen LogP contribution in [-0.4, -0.2) is 56.9 Å². The van der Waals surface area contributed by atoms with E-state index in [9.17, 15) is 4.79 Å². The number of hydrogen-bond donors (Lipinski definition) is 1. The first kappa shape index (κ1) is 14.6. The fourth-order valence-electron chi connectivity index (χ4n) is 2.95. The van der Waals surface area contributed by atoms with Gasteiger partial charge in [-0.15, -0.1) is 0 Å². The second-order valence-electron chi connectivity index (χ2n) is 5.86. The molecule has 3 aromatic rings. The number of piperazine rings is 1. The Balaban J connectivity index is 1.59. The van der Waals surface area contributed by atoms with E-state index in [2.05, 4.69) is 19.9 Å². The third-order valence-corrected chi connectivity index (χ3v) is 4.30. The van der Waals surface area contributed by atoms with Gasteiger partial charge in [0.25, 0.3) is 0 Å². The summed E-state index contributed by atoms with van der Waals surface area (Å²) in [4.78, 5) is 32.3. The van der Waals surface area contributed by atoms with Crippen molar-refractivity contribution in [1.29, 1.82) is 0 Å². The molecule has 3 heterocycles. The van der Waals surface area contributed by atoms with Crippen molar-refractivity contribution in [2.45, 2.75) is 6.92 Å². The number of para-hydroxylation sites is 2. The Bertz CT molecular complexity index is 848. The monoisotopic (exact) mass is 322 g/mol. The summed E-state index contributed by atoms with van der Waals surface area (Å²) in [6.07, 6.45) is 3.47. The Hall–Kier alpha value is -2.96. The topological polar surface area (TPSA) is 78.0 Å². The zero-order chi connectivity index (χ0) is 16.5. The number of hydrogen-bond acceptors (Lipinski definition) is 5. The molecule has 1 aromatic carbocycles. The molecule has 0 radical (unpaired) electrons. The molecule has 1 amide bonds. The van der Waals surface area contributed by atoms with Gasteiger partial charge in [0.15, 0.2) is 5.82 Å². The van der Waals surface area contributed by atoms with Crippen molar-refractivity contribution in [2.24, 2.45) is 0 Å². The normalized spacial score (nSPS) is 15.0. The number of nitrogens with zero attached hydrogens (tertiary/aromatic N) is 5. The first-order valence-corrected chi connectivity index (χ1v) is 7.98. The van der Waals surface area contributed by atoms with Crippen molar-refractivity contribution in [2.75, 3.05) is 31.1 Å². The average Bonchev–Trinajstić information content (AvgIpc) is 3.06. The second-order valence-corrected chi connectivity index (χ2v) is 5.86. The lowest BCUT2D eigenvalue weighted by Crippen LogP contribution is -2.48. The van der Waals surface area contributed by atoms with Gasteiger partial charge in [0.2, 0.25) is 5.91 Å². The van der Waals surface area contributed by atoms with Gasteiger partial charge in [-0.3, -0.25) is 9.78 Å². The number of carbonyl (C=O) groups is 1. The lowest BCUT2D eigenvalue weighted by Gasteiger charge is -2.34. The van der Waals surface area contributed by atoms with Crippen LogP contribution in [0.3, 0.4) is 0 Å². The number of fused-ring (bicyclic) bond motifs is 1. The maximum absolute atomic E-state index is 11.4. The van der Waals surface area contributed by atoms with Gasteiger partial charge in [-0.05, 0) is 12.1 Å². The van der Waals surface area contributed by atoms with Gasteiger partial charge in [-0.2, -0.15) is 0 Å². The van der Waals surface area contributed by atoms with Crippen molar-refractivity contribution in [3.8, 4) is 11.5 Å². The predicted octanol–water partition coefficient (Wildman–Crippen LogP) is 1.69. The molecule has 7 nitrogen and oxygen atoms in total. The molecule has 1 N–H and O–H groups in total. The third kappa shape index (κ3) is 2.68. The molecule has 0 atom stereocenters. The minimum Gasteiger partial charge on any atom is -0.352 e. The number of aromatic amines is 1. The van der Waals surface area contributed by atoms with Crippen LogP contribution >= 0.6 is 0 Å². The van der Waals surface area contributed by atoms with Crippen LogP contribution < -0.4 is 4.90 Å². The van der Waals surface area contributed by atoms with E-state index in [-0.39, 0.29) is 5.91 Å². The fraction of sp³-hybridized carbons (Fsp3) is 0.294. The number of rotatable bonds is 2. The molecule has 4 rings (SSSR count). The van der Waals surface area contributed by atoms with E-state index in [1.807, 2.05) is 29.2 Å². The summed E-state index contributed by atoms with van der Waals surface area (Å²) in [6.45, 7) is 4.56. The molecule has 24 heavy (non-hydrogen) atoms. The average molecular weight is 322 g/mol. The quantitative estimate of drug-likeness (QED) is 0.777. The molecule has 1 fully saturated rings. The Morgan fingerprint density at radius 2 is 1.88 bits per heavy atom. The lowest BCUT2D eigenvalue weighted by atomic mass is 10.3. The molecule has 0 unspecified atom stereocenters. The van der Waals surface area contributed by atoms with E-state index in [1.54, 1.807) is 19.3 Å². The molecule has 1 aliphatic heterocycles. The molecule has 0 saturated carbocycles. The van der Waals surface area contributed by atoms with Crippen LogP contribution in [0.5, 0.6) is 0 Å². The highest BCUT2D eigenvalue weighted by atomic mass is 16.2. The van der Waals surface area contributed by atoms with E-state index in [0.29, 0.717) is 18.9 Å². The van der Waals surface area contributed by atoms with Crippen LogP contribution in [0.1, 0.15) is 6.92 Å². The number of nitrogens with one attached hydrogen (secondary N) is 1. The van der Waals surface area contributed by atoms with E-state index < -0.39 is 0 Å². The number of H-pyrrole nitrogens is 1. The zero-order valence-electron chi connectivity index (χ0n) is 13.4. The molecular formula is C17H18N6O. The van der Waals surface area contributed by atoms with Gasteiger partial charge in [0.1, 0.15) is 11.5 Å². The molecule has 2 aromatic heterocycles. The smallest absolute Gasteiger partial charge is 0.219 e. The van der Waals surface area contributed by atoms with Crippen LogP contribution in [0, 0.1) is 0 Å². The van der Waals surface area contributed by atoms with Crippen molar-refractivity contribution in [3.05, 3.63) is 36.7 Å². The highest BCUT2D eigenvalue weighted by Gasteiger charge is 2.20. The third-order valence-electron chi connectivity index (χ3n) is 4.30. The van der Waals surface area contributed by atoms with Crippen molar-refractivity contribution in [1.82, 2.24) is 24.8 Å². The Morgan fingerprint density at radius 3 is 2.62 bits per heavy atom. The van der Waals surface area contributed by atoms with Crippen LogP contribution in [-0.2, 0) is 4.79 Å². The predicted molar refractivity (Wildman–Crippen MR) is 91.6 cm³/mol. The molecule has 0 bridgehead atoms. The molecule has 0 aliphatic carbocycles. The largest absolute Gasteiger partial charge is 0.352 e. The number of imidazole rings is 1. The first-order chi connectivity index (χ1) is 11.7. The summed E-state index contributed by atoms with van der Waals surface area (Å²) in [6, 6.07) is 7.89. The summed E-state index contributed by atoms with van der Waals surface area (Å²) in [5, 5.41) is 0. The number of anilines is 1. The van der Waals surface area contributed by atoms with Crippen molar-refractivity contribution in [3.63, 3.8) is 0 Å². The van der Waals surface area contributed by atoms with Gasteiger partial charge in [0, 0.05) is 33.1 Å². The summed E-state index contributed by atoms with van der Waals surface area (Å²) < 4.78 is 0. The fourth-order valence-corrected chi connectivity index (χ4v) is 2.95. The second kappa shape index (κ2) is 5.92. The maximum Gasteiger partial charge on any atom is 0.219 e. The number of amides is 1. The summed E-state index contributed by atoms with van der Waals surface area (Å²) >= 11 is 0. The first-order valence-electron chi connectivity index (χ1n) is 7.98. The number of aromatic nitrogens is 4. The van der Waals surface area contributed by atoms with E-state index in [0.717, 1.165) is 35.6 Å². The van der Waals surface area contributed by atoms with E-state index >= 15 is 0 Å². The Labute approximate surface area is 139 Å². The summed E-state index contributed by atoms with van der Waals surface area (Å²) in [5.74, 6) is 1.65. The molecule has 1 aliphatic rings. The maximum atomic E-state index is 11.4. The van der Waals surface area contributed by atoms with E-state index in [4.69, 9.17) is 4.98 Å². The highest BCUT2D eigenvalue weighted by molar-refractivity contribution is 5.78. The molecular weight excluding hydrogens is 304 g/mol. The minimum atomic E-state index is 0.122. The van der Waals surface area contributed by atoms with Crippen LogP contribution in [0.15, 0.2) is 36.7 Å². The van der Waals surface area contributed by atoms with Crippen LogP contribution in [0.2, 0.25) is 0 Å². The minimum absolute atomic E-state index is 0.122. The van der Waals surface area contributed by atoms with Gasteiger partial charge in [0.05, 0.1) is 23.4 Å². The van der Waals surface area contributed by atoms with Gasteiger partial charge in [-0.1, -0.05) is 12.1 Å². The number of carbonyl (C=O) groups excluding carboxylic acids is 1. The van der Waals surface area contributed by atoms with Crippen LogP contribution in [0.4, 0.5) is 5.82 Å². The lowest BCUT2D eigenvalue weighted by molar-refractivity contribution is -0.129. The summed E-state index contributed by atoms with van der Waals surface area (Å²) in [5.41, 5.74) is 2.61. The SMILES string of the molecule is CC(=O)N1CCN(c2cncc(-c3nc4ccccc4[nH]3)n2)CC1. The molecule has 0 spiro atoms. The molecule has 7 heteroatoms. The molecule has 1 saturated heterocycles. The van der Waals surface area contributed by atoms with Gasteiger partial charge >= 0.3 is 0 Å². The highest BCUT2D eigenvalue weighted by Crippen LogP contribution is 2.21. The zero-order valence-corrected chi connectivity index (χ0v) is 13.4. The Kier molecular flexibility index (Phi) is 3.60. The standard InChI is InChI=1S/C17H18N6O/c1-12(24)22-6-8-23(9-7-22)16-11-18-10-15(19-16)17-20-13-4-2-3-5-14(13)21-17/h2-5,10-11H,6-9H2,1H3,(H,20,21).